The average molecular weight is 317 g/mol. The number of piperidine rings is 1. The average Bonchev–Trinajstić information content (AvgIpc) is 2.47. The largest absolute Gasteiger partial charge is 0.339 e. The van der Waals surface area contributed by atoms with Crippen LogP contribution in [0.25, 0.3) is 0 Å². The number of nitrogens with one attached hydrogen (secondary N) is 1. The molecule has 0 unspecified atom stereocenters. The number of rotatable bonds is 3. The second-order valence-electron chi connectivity index (χ2n) is 4.71. The van der Waals surface area contributed by atoms with E-state index in [-0.39, 0.29) is 15.8 Å². The molecule has 1 aromatic carbocycles. The van der Waals surface area contributed by atoms with Crippen LogP contribution in [0.4, 0.5) is 0 Å². The molecular formula is C13H17ClN2O3S. The van der Waals surface area contributed by atoms with Crippen LogP contribution < -0.4 is 4.72 Å². The molecule has 1 N–H and O–H groups in total. The summed E-state index contributed by atoms with van der Waals surface area (Å²) in [5.74, 6) is -0.145. The van der Waals surface area contributed by atoms with Crippen LogP contribution in [-0.4, -0.2) is 39.4 Å². The summed E-state index contributed by atoms with van der Waals surface area (Å²) >= 11 is 5.91. The van der Waals surface area contributed by atoms with Gasteiger partial charge >= 0.3 is 0 Å². The zero-order chi connectivity index (χ0) is 14.8. The third-order valence-electron chi connectivity index (χ3n) is 3.38. The van der Waals surface area contributed by atoms with E-state index in [1.165, 1.54) is 19.2 Å². The van der Waals surface area contributed by atoms with E-state index in [0.717, 1.165) is 32.4 Å². The van der Waals surface area contributed by atoms with Gasteiger partial charge in [0.05, 0.1) is 5.02 Å². The fourth-order valence-electron chi connectivity index (χ4n) is 2.23. The van der Waals surface area contributed by atoms with Crippen molar-refractivity contribution >= 4 is 27.5 Å². The van der Waals surface area contributed by atoms with Crippen LogP contribution in [0.2, 0.25) is 5.02 Å². The zero-order valence-electron chi connectivity index (χ0n) is 11.2. The summed E-state index contributed by atoms with van der Waals surface area (Å²) in [6.45, 7) is 1.44. The minimum Gasteiger partial charge on any atom is -0.339 e. The van der Waals surface area contributed by atoms with Gasteiger partial charge in [-0.15, -0.1) is 0 Å². The van der Waals surface area contributed by atoms with Crippen molar-refractivity contribution < 1.29 is 13.2 Å². The molecule has 1 aliphatic rings. The quantitative estimate of drug-likeness (QED) is 0.926. The number of nitrogens with zero attached hydrogens (tertiary/aromatic N) is 1. The SMILES string of the molecule is CNS(=O)(=O)c1cc(C(=O)N2CCCCC2)ccc1Cl. The highest BCUT2D eigenvalue weighted by molar-refractivity contribution is 7.89. The fraction of sp³-hybridized carbons (Fsp3) is 0.462. The summed E-state index contributed by atoms with van der Waals surface area (Å²) in [4.78, 5) is 14.0. The molecule has 2 rings (SSSR count). The molecule has 1 saturated heterocycles. The number of benzene rings is 1. The van der Waals surface area contributed by atoms with Crippen LogP contribution in [0.15, 0.2) is 23.1 Å². The number of amides is 1. The lowest BCUT2D eigenvalue weighted by Crippen LogP contribution is -2.35. The van der Waals surface area contributed by atoms with Crippen LogP contribution in [0.3, 0.4) is 0 Å². The van der Waals surface area contributed by atoms with Crippen LogP contribution in [0.1, 0.15) is 29.6 Å². The Kier molecular flexibility index (Phi) is 4.67. The zero-order valence-corrected chi connectivity index (χ0v) is 12.8. The lowest BCUT2D eigenvalue weighted by molar-refractivity contribution is 0.0724. The normalized spacial score (nSPS) is 16.2. The van der Waals surface area contributed by atoms with E-state index in [1.54, 1.807) is 11.0 Å². The molecule has 1 fully saturated rings. The first-order valence-corrected chi connectivity index (χ1v) is 8.34. The standard InChI is InChI=1S/C13H17ClN2O3S/c1-15-20(18,19)12-9-10(5-6-11(12)14)13(17)16-7-3-2-4-8-16/h5-6,9,15H,2-4,7-8H2,1H3. The highest BCUT2D eigenvalue weighted by atomic mass is 35.5. The highest BCUT2D eigenvalue weighted by Crippen LogP contribution is 2.23. The van der Waals surface area contributed by atoms with Crippen LogP contribution in [0, 0.1) is 0 Å². The maximum absolute atomic E-state index is 12.3. The maximum atomic E-state index is 12.3. The highest BCUT2D eigenvalue weighted by Gasteiger charge is 2.22. The Bertz CT molecular complexity index is 610. The van der Waals surface area contributed by atoms with Gasteiger partial charge in [-0.2, -0.15) is 0 Å². The van der Waals surface area contributed by atoms with E-state index < -0.39 is 10.0 Å². The Balaban J connectivity index is 2.34. The van der Waals surface area contributed by atoms with Crippen molar-refractivity contribution in [3.63, 3.8) is 0 Å². The number of carbonyl (C=O) groups is 1. The Labute approximate surface area is 124 Å². The van der Waals surface area contributed by atoms with Crippen molar-refractivity contribution in [2.24, 2.45) is 0 Å². The lowest BCUT2D eigenvalue weighted by Gasteiger charge is -2.26. The topological polar surface area (TPSA) is 66.5 Å². The van der Waals surface area contributed by atoms with E-state index >= 15 is 0 Å². The summed E-state index contributed by atoms with van der Waals surface area (Å²) in [6, 6.07) is 4.35. The second-order valence-corrected chi connectivity index (χ2v) is 6.97. The first-order chi connectivity index (χ1) is 9.45. The van der Waals surface area contributed by atoms with E-state index in [9.17, 15) is 13.2 Å². The molecule has 0 aliphatic carbocycles. The molecule has 1 aliphatic heterocycles. The molecule has 1 heterocycles. The molecule has 0 radical (unpaired) electrons. The molecule has 0 atom stereocenters. The molecule has 0 saturated carbocycles. The number of likely N-dealkylation sites (tertiary alicyclic amines) is 1. The molecule has 7 heteroatoms. The number of carbonyl (C=O) groups excluding carboxylic acids is 1. The lowest BCUT2D eigenvalue weighted by atomic mass is 10.1. The second kappa shape index (κ2) is 6.11. The van der Waals surface area contributed by atoms with Crippen molar-refractivity contribution in [3.8, 4) is 0 Å². The molecular weight excluding hydrogens is 300 g/mol. The summed E-state index contributed by atoms with van der Waals surface area (Å²) in [7, 11) is -2.36. The molecule has 0 aromatic heterocycles. The molecule has 5 nitrogen and oxygen atoms in total. The minimum atomic E-state index is -3.67. The predicted molar refractivity (Wildman–Crippen MR) is 77.5 cm³/mol. The molecule has 0 bridgehead atoms. The van der Waals surface area contributed by atoms with Crippen molar-refractivity contribution in [3.05, 3.63) is 28.8 Å². The molecule has 1 aromatic rings. The van der Waals surface area contributed by atoms with Crippen LogP contribution >= 0.6 is 11.6 Å². The third kappa shape index (κ3) is 3.13. The van der Waals surface area contributed by atoms with Gasteiger partial charge in [0.1, 0.15) is 4.90 Å². The van der Waals surface area contributed by atoms with E-state index in [2.05, 4.69) is 4.72 Å². The number of hydrogen-bond acceptors (Lipinski definition) is 3. The molecule has 0 spiro atoms. The number of sulfonamides is 1. The maximum Gasteiger partial charge on any atom is 0.253 e. The minimum absolute atomic E-state index is 0.0653. The van der Waals surface area contributed by atoms with E-state index in [4.69, 9.17) is 11.6 Å². The Morgan fingerprint density at radius 2 is 1.90 bits per heavy atom. The van der Waals surface area contributed by atoms with Crippen molar-refractivity contribution in [1.82, 2.24) is 9.62 Å². The third-order valence-corrected chi connectivity index (χ3v) is 5.28. The Hall–Kier alpha value is -1.11. The monoisotopic (exact) mass is 316 g/mol. The number of hydrogen-bond donors (Lipinski definition) is 1. The van der Waals surface area contributed by atoms with E-state index in [1.807, 2.05) is 0 Å². The predicted octanol–water partition coefficient (Wildman–Crippen LogP) is 1.87. The van der Waals surface area contributed by atoms with Crippen LogP contribution in [0.5, 0.6) is 0 Å². The van der Waals surface area contributed by atoms with E-state index in [0.29, 0.717) is 5.56 Å². The van der Waals surface area contributed by atoms with Gasteiger partial charge in [0, 0.05) is 18.7 Å². The summed E-state index contributed by atoms with van der Waals surface area (Å²) in [5, 5.41) is 0.106. The molecule has 1 amide bonds. The van der Waals surface area contributed by atoms with Gasteiger partial charge < -0.3 is 4.90 Å². The van der Waals surface area contributed by atoms with Crippen molar-refractivity contribution in [1.29, 1.82) is 0 Å². The Morgan fingerprint density at radius 3 is 2.50 bits per heavy atom. The van der Waals surface area contributed by atoms with Gasteiger partial charge in [-0.05, 0) is 44.5 Å². The first kappa shape index (κ1) is 15.3. The van der Waals surface area contributed by atoms with Gasteiger partial charge in [0.2, 0.25) is 10.0 Å². The van der Waals surface area contributed by atoms with Gasteiger partial charge in [-0.3, -0.25) is 4.79 Å². The van der Waals surface area contributed by atoms with Gasteiger partial charge in [-0.1, -0.05) is 11.6 Å². The summed E-state index contributed by atoms with van der Waals surface area (Å²) in [6.07, 6.45) is 3.10. The van der Waals surface area contributed by atoms with Gasteiger partial charge in [0.25, 0.3) is 5.91 Å². The first-order valence-electron chi connectivity index (χ1n) is 6.48. The smallest absolute Gasteiger partial charge is 0.253 e. The van der Waals surface area contributed by atoms with Gasteiger partial charge in [0.15, 0.2) is 0 Å². The fourth-order valence-corrected chi connectivity index (χ4v) is 3.48. The summed E-state index contributed by atoms with van der Waals surface area (Å²) in [5.41, 5.74) is 0.352. The van der Waals surface area contributed by atoms with Crippen molar-refractivity contribution in [2.45, 2.75) is 24.2 Å². The van der Waals surface area contributed by atoms with Crippen molar-refractivity contribution in [2.75, 3.05) is 20.1 Å². The molecule has 20 heavy (non-hydrogen) atoms. The number of halogens is 1. The Morgan fingerprint density at radius 1 is 1.25 bits per heavy atom. The van der Waals surface area contributed by atoms with Crippen LogP contribution in [-0.2, 0) is 10.0 Å². The van der Waals surface area contributed by atoms with Gasteiger partial charge in [-0.25, -0.2) is 13.1 Å². The molecule has 110 valence electrons. The summed E-state index contributed by atoms with van der Waals surface area (Å²) < 4.78 is 25.9.